The Morgan fingerprint density at radius 1 is 1.27 bits per heavy atom. The molecule has 0 radical (unpaired) electrons. The molecule has 0 spiro atoms. The van der Waals surface area contributed by atoms with E-state index >= 15 is 0 Å². The fourth-order valence-corrected chi connectivity index (χ4v) is 5.63. The second-order valence-corrected chi connectivity index (χ2v) is 9.80. The molecule has 1 N–H and O–H groups in total. The van der Waals surface area contributed by atoms with Crippen molar-refractivity contribution in [1.82, 2.24) is 10.2 Å². The van der Waals surface area contributed by atoms with E-state index in [0.717, 1.165) is 6.07 Å². The van der Waals surface area contributed by atoms with Crippen LogP contribution in [0.3, 0.4) is 0 Å². The summed E-state index contributed by atoms with van der Waals surface area (Å²) in [5.41, 5.74) is -0.795. The van der Waals surface area contributed by atoms with Gasteiger partial charge in [0.05, 0.1) is 23.2 Å². The summed E-state index contributed by atoms with van der Waals surface area (Å²) in [5.74, 6) is -0.962. The Morgan fingerprint density at radius 2 is 1.97 bits per heavy atom. The molecule has 7 nitrogen and oxygen atoms in total. The quantitative estimate of drug-likeness (QED) is 0.586. The van der Waals surface area contributed by atoms with Crippen LogP contribution in [0.2, 0.25) is 5.02 Å². The van der Waals surface area contributed by atoms with Gasteiger partial charge in [-0.15, -0.1) is 13.2 Å². The SMILES string of the molecule is O=C(COc1ccc(Cl)c(F)c1)NC12CC(N3CC([C@H]4C[C@@H](OC(F)(F)F)C4)OC3=O)(C1)C2. The standard InChI is InChI=1S/C21H21ClF4N2O5/c22-14-2-1-12(5-15(14)23)31-7-17(29)27-19-8-20(9-19,10-19)28-6-16(32-18(28)30)11-3-13(4-11)33-21(24,25)26/h1-2,5,11,13,16H,3-4,6-10H2,(H,27,29)/t11-,13+,16?,19?,20?. The minimum atomic E-state index is -4.66. The summed E-state index contributed by atoms with van der Waals surface area (Å²) in [7, 11) is 0. The number of alkyl halides is 3. The highest BCUT2D eigenvalue weighted by molar-refractivity contribution is 6.30. The lowest BCUT2D eigenvalue weighted by Crippen LogP contribution is -2.84. The van der Waals surface area contributed by atoms with Crippen molar-refractivity contribution in [3.63, 3.8) is 0 Å². The van der Waals surface area contributed by atoms with E-state index in [2.05, 4.69) is 10.1 Å². The van der Waals surface area contributed by atoms with Gasteiger partial charge in [0.1, 0.15) is 17.7 Å². The number of benzene rings is 1. The van der Waals surface area contributed by atoms with Gasteiger partial charge in [-0.25, -0.2) is 9.18 Å². The van der Waals surface area contributed by atoms with Crippen LogP contribution in [0.1, 0.15) is 32.1 Å². The third-order valence-corrected chi connectivity index (χ3v) is 7.34. The number of nitrogens with one attached hydrogen (secondary N) is 1. The molecule has 1 saturated heterocycles. The second-order valence-electron chi connectivity index (χ2n) is 9.40. The summed E-state index contributed by atoms with van der Waals surface area (Å²) in [6.45, 7) is 0.0456. The van der Waals surface area contributed by atoms with Crippen molar-refractivity contribution in [2.75, 3.05) is 13.2 Å². The number of cyclic esters (lactones) is 1. The molecule has 12 heteroatoms. The molecule has 4 aliphatic carbocycles. The van der Waals surface area contributed by atoms with E-state index in [1.54, 1.807) is 4.90 Å². The maximum Gasteiger partial charge on any atom is 0.522 e. The molecular formula is C21H21ClF4N2O5. The largest absolute Gasteiger partial charge is 0.522 e. The number of hydrogen-bond donors (Lipinski definition) is 1. The highest BCUT2D eigenvalue weighted by atomic mass is 35.5. The van der Waals surface area contributed by atoms with E-state index < -0.39 is 36.0 Å². The molecule has 2 bridgehead atoms. The number of hydrogen-bond acceptors (Lipinski definition) is 5. The van der Waals surface area contributed by atoms with Crippen molar-refractivity contribution < 1.29 is 41.4 Å². The first-order valence-corrected chi connectivity index (χ1v) is 11.0. The molecule has 6 rings (SSSR count). The van der Waals surface area contributed by atoms with Crippen molar-refractivity contribution in [1.29, 1.82) is 0 Å². The second kappa shape index (κ2) is 7.63. The van der Waals surface area contributed by atoms with Crippen molar-refractivity contribution >= 4 is 23.6 Å². The van der Waals surface area contributed by atoms with E-state index in [1.807, 2.05) is 0 Å². The summed E-state index contributed by atoms with van der Waals surface area (Å²) in [5, 5.41) is 2.87. The van der Waals surface area contributed by atoms with E-state index in [1.165, 1.54) is 12.1 Å². The fourth-order valence-electron chi connectivity index (χ4n) is 5.51. The van der Waals surface area contributed by atoms with Gasteiger partial charge < -0.3 is 14.8 Å². The van der Waals surface area contributed by atoms with Gasteiger partial charge in [-0.05, 0) is 44.2 Å². The van der Waals surface area contributed by atoms with E-state index in [9.17, 15) is 27.2 Å². The molecule has 1 aliphatic heterocycles. The molecule has 180 valence electrons. The molecule has 4 saturated carbocycles. The summed E-state index contributed by atoms with van der Waals surface area (Å²) in [6.07, 6.45) is -4.32. The average Bonchev–Trinajstić information content (AvgIpc) is 3.01. The van der Waals surface area contributed by atoms with E-state index in [-0.39, 0.29) is 47.6 Å². The number of amides is 2. The Bertz CT molecular complexity index is 964. The third kappa shape index (κ3) is 4.21. The monoisotopic (exact) mass is 492 g/mol. The van der Waals surface area contributed by atoms with Crippen LogP contribution in [0, 0.1) is 11.7 Å². The lowest BCUT2D eigenvalue weighted by Gasteiger charge is -2.72. The zero-order chi connectivity index (χ0) is 23.6. The van der Waals surface area contributed by atoms with Gasteiger partial charge in [-0.3, -0.25) is 14.4 Å². The van der Waals surface area contributed by atoms with Gasteiger partial charge in [-0.2, -0.15) is 0 Å². The van der Waals surface area contributed by atoms with Crippen LogP contribution in [0.25, 0.3) is 0 Å². The molecular weight excluding hydrogens is 472 g/mol. The molecule has 1 unspecified atom stereocenters. The predicted molar refractivity (Wildman–Crippen MR) is 105 cm³/mol. The lowest BCUT2D eigenvalue weighted by atomic mass is 9.43. The highest BCUT2D eigenvalue weighted by Gasteiger charge is 2.73. The normalized spacial score (nSPS) is 34.6. The third-order valence-electron chi connectivity index (χ3n) is 7.03. The van der Waals surface area contributed by atoms with Gasteiger partial charge in [0.2, 0.25) is 0 Å². The highest BCUT2D eigenvalue weighted by Crippen LogP contribution is 2.64. The van der Waals surface area contributed by atoms with Crippen molar-refractivity contribution in [3.8, 4) is 5.75 Å². The molecule has 1 atom stereocenters. The molecule has 5 aliphatic rings. The first-order chi connectivity index (χ1) is 15.5. The minimum absolute atomic E-state index is 0.0413. The van der Waals surface area contributed by atoms with Crippen LogP contribution in [0.4, 0.5) is 22.4 Å². The van der Waals surface area contributed by atoms with Crippen molar-refractivity contribution in [2.24, 2.45) is 5.92 Å². The molecule has 5 fully saturated rings. The summed E-state index contributed by atoms with van der Waals surface area (Å²) < 4.78 is 65.0. The van der Waals surface area contributed by atoms with Crippen LogP contribution in [-0.4, -0.2) is 59.7 Å². The Hall–Kier alpha value is -2.27. The predicted octanol–water partition coefficient (Wildman–Crippen LogP) is 3.79. The Morgan fingerprint density at radius 3 is 2.61 bits per heavy atom. The zero-order valence-electron chi connectivity index (χ0n) is 17.3. The van der Waals surface area contributed by atoms with Crippen LogP contribution in [-0.2, 0) is 14.3 Å². The number of ether oxygens (including phenoxy) is 3. The number of halogens is 5. The van der Waals surface area contributed by atoms with Gasteiger partial charge in [0.15, 0.2) is 6.61 Å². The molecule has 1 aromatic rings. The fraction of sp³-hybridized carbons (Fsp3) is 0.619. The van der Waals surface area contributed by atoms with Crippen LogP contribution in [0.5, 0.6) is 5.75 Å². The van der Waals surface area contributed by atoms with Crippen LogP contribution < -0.4 is 10.1 Å². The first kappa shape index (κ1) is 22.5. The number of carbonyl (C=O) groups is 2. The first-order valence-electron chi connectivity index (χ1n) is 10.6. The maximum atomic E-state index is 13.4. The minimum Gasteiger partial charge on any atom is -0.484 e. The molecule has 1 heterocycles. The number of nitrogens with zero attached hydrogens (tertiary/aromatic N) is 1. The summed E-state index contributed by atoms with van der Waals surface area (Å²) >= 11 is 5.61. The van der Waals surface area contributed by atoms with E-state index in [4.69, 9.17) is 21.1 Å². The van der Waals surface area contributed by atoms with Crippen molar-refractivity contribution in [2.45, 2.75) is 61.8 Å². The number of rotatable bonds is 7. The summed E-state index contributed by atoms with van der Waals surface area (Å²) in [6, 6.07) is 3.90. The van der Waals surface area contributed by atoms with Gasteiger partial charge >= 0.3 is 12.5 Å². The van der Waals surface area contributed by atoms with Crippen molar-refractivity contribution in [3.05, 3.63) is 29.0 Å². The lowest BCUT2D eigenvalue weighted by molar-refractivity contribution is -0.355. The molecule has 33 heavy (non-hydrogen) atoms. The van der Waals surface area contributed by atoms with Crippen LogP contribution >= 0.6 is 11.6 Å². The Balaban J connectivity index is 1.06. The topological polar surface area (TPSA) is 77.1 Å². The van der Waals surface area contributed by atoms with Crippen LogP contribution in [0.15, 0.2) is 18.2 Å². The summed E-state index contributed by atoms with van der Waals surface area (Å²) in [4.78, 5) is 26.3. The average molecular weight is 493 g/mol. The van der Waals surface area contributed by atoms with Gasteiger partial charge in [-0.1, -0.05) is 11.6 Å². The Kier molecular flexibility index (Phi) is 5.20. The maximum absolute atomic E-state index is 13.4. The van der Waals surface area contributed by atoms with Gasteiger partial charge in [0.25, 0.3) is 5.91 Å². The van der Waals surface area contributed by atoms with E-state index in [0.29, 0.717) is 25.8 Å². The molecule has 1 aromatic carbocycles. The molecule has 2 amide bonds. The smallest absolute Gasteiger partial charge is 0.484 e. The van der Waals surface area contributed by atoms with Gasteiger partial charge in [0, 0.05) is 17.5 Å². The molecule has 0 aromatic heterocycles. The zero-order valence-corrected chi connectivity index (χ0v) is 18.0. The Labute approximate surface area is 191 Å². The number of carbonyl (C=O) groups excluding carboxylic acids is 2.